The van der Waals surface area contributed by atoms with Crippen LogP contribution in [0.5, 0.6) is 5.75 Å². The molecule has 0 radical (unpaired) electrons. The summed E-state index contributed by atoms with van der Waals surface area (Å²) in [5.41, 5.74) is 7.50. The predicted octanol–water partition coefficient (Wildman–Crippen LogP) is 2.32. The monoisotopic (exact) mass is 287 g/mol. The van der Waals surface area contributed by atoms with Crippen molar-refractivity contribution in [2.75, 3.05) is 13.7 Å². The molecule has 0 saturated carbocycles. The first-order valence-corrected chi connectivity index (χ1v) is 6.08. The van der Waals surface area contributed by atoms with Crippen molar-refractivity contribution in [1.29, 1.82) is 0 Å². The first-order chi connectivity index (χ1) is 8.56. The van der Waals surface area contributed by atoms with Gasteiger partial charge in [-0.3, -0.25) is 4.79 Å². The molecule has 0 saturated heterocycles. The molecule has 4 nitrogen and oxygen atoms in total. The van der Waals surface area contributed by atoms with Gasteiger partial charge in [0, 0.05) is 12.1 Å². The first-order valence-electron chi connectivity index (χ1n) is 6.08. The van der Waals surface area contributed by atoms with Crippen LogP contribution in [0, 0.1) is 5.92 Å². The van der Waals surface area contributed by atoms with Gasteiger partial charge in [-0.15, -0.1) is 12.4 Å². The SMILES string of the molecule is COC(=O)Cc1ccc(OCC(C)C)c(CN)c1.Cl. The van der Waals surface area contributed by atoms with Gasteiger partial charge in [0.15, 0.2) is 0 Å². The lowest BCUT2D eigenvalue weighted by Crippen LogP contribution is -2.09. The van der Waals surface area contributed by atoms with Crippen LogP contribution in [0.4, 0.5) is 0 Å². The standard InChI is InChI=1S/C14H21NO3.ClH/c1-10(2)9-18-13-5-4-11(6-12(13)8-15)7-14(16)17-3;/h4-6,10H,7-9,15H2,1-3H3;1H. The van der Waals surface area contributed by atoms with Gasteiger partial charge in [-0.25, -0.2) is 0 Å². The maximum atomic E-state index is 11.2. The molecule has 0 bridgehead atoms. The number of nitrogens with two attached hydrogens (primary N) is 1. The van der Waals surface area contributed by atoms with E-state index >= 15 is 0 Å². The molecule has 0 aliphatic rings. The third-order valence-electron chi connectivity index (χ3n) is 2.49. The van der Waals surface area contributed by atoms with Crippen LogP contribution in [-0.4, -0.2) is 19.7 Å². The van der Waals surface area contributed by atoms with Crippen molar-refractivity contribution < 1.29 is 14.3 Å². The van der Waals surface area contributed by atoms with Crippen molar-refractivity contribution in [1.82, 2.24) is 0 Å². The minimum absolute atomic E-state index is 0. The Kier molecular flexibility index (Phi) is 8.19. The van der Waals surface area contributed by atoms with E-state index < -0.39 is 0 Å². The van der Waals surface area contributed by atoms with E-state index in [0.717, 1.165) is 16.9 Å². The number of hydrogen-bond donors (Lipinski definition) is 1. The van der Waals surface area contributed by atoms with Crippen LogP contribution in [-0.2, 0) is 22.5 Å². The molecule has 1 rings (SSSR count). The van der Waals surface area contributed by atoms with Crippen LogP contribution in [0.2, 0.25) is 0 Å². The molecule has 5 heteroatoms. The number of hydrogen-bond acceptors (Lipinski definition) is 4. The molecule has 0 spiro atoms. The van der Waals surface area contributed by atoms with Gasteiger partial charge >= 0.3 is 5.97 Å². The summed E-state index contributed by atoms with van der Waals surface area (Å²) in [7, 11) is 1.38. The van der Waals surface area contributed by atoms with E-state index in [-0.39, 0.29) is 24.8 Å². The summed E-state index contributed by atoms with van der Waals surface area (Å²) in [5.74, 6) is 0.999. The molecule has 1 aromatic rings. The zero-order valence-electron chi connectivity index (χ0n) is 11.6. The highest BCUT2D eigenvalue weighted by molar-refractivity contribution is 5.85. The Balaban J connectivity index is 0.00000324. The smallest absolute Gasteiger partial charge is 0.309 e. The average Bonchev–Trinajstić information content (AvgIpc) is 2.36. The Morgan fingerprint density at radius 3 is 2.58 bits per heavy atom. The molecular weight excluding hydrogens is 266 g/mol. The fourth-order valence-corrected chi connectivity index (χ4v) is 1.54. The van der Waals surface area contributed by atoms with Crippen LogP contribution in [0.25, 0.3) is 0 Å². The summed E-state index contributed by atoms with van der Waals surface area (Å²) in [6.07, 6.45) is 0.258. The van der Waals surface area contributed by atoms with Gasteiger partial charge in [0.05, 0.1) is 20.1 Å². The summed E-state index contributed by atoms with van der Waals surface area (Å²) in [6.45, 7) is 5.23. The van der Waals surface area contributed by atoms with Gasteiger partial charge in [0.2, 0.25) is 0 Å². The summed E-state index contributed by atoms with van der Waals surface area (Å²) >= 11 is 0. The van der Waals surface area contributed by atoms with E-state index in [4.69, 9.17) is 10.5 Å². The van der Waals surface area contributed by atoms with Crippen molar-refractivity contribution >= 4 is 18.4 Å². The second kappa shape index (κ2) is 8.77. The molecule has 0 aromatic heterocycles. The van der Waals surface area contributed by atoms with Crippen molar-refractivity contribution in [3.63, 3.8) is 0 Å². The summed E-state index contributed by atoms with van der Waals surface area (Å²) in [5, 5.41) is 0. The van der Waals surface area contributed by atoms with Gasteiger partial charge in [0.1, 0.15) is 5.75 Å². The minimum Gasteiger partial charge on any atom is -0.493 e. The Morgan fingerprint density at radius 2 is 2.05 bits per heavy atom. The number of halogens is 1. The highest BCUT2D eigenvalue weighted by atomic mass is 35.5. The molecule has 1 aromatic carbocycles. The fourth-order valence-electron chi connectivity index (χ4n) is 1.54. The zero-order valence-corrected chi connectivity index (χ0v) is 12.5. The Bertz CT molecular complexity index is 408. The van der Waals surface area contributed by atoms with Gasteiger partial charge in [-0.2, -0.15) is 0 Å². The maximum Gasteiger partial charge on any atom is 0.309 e. The van der Waals surface area contributed by atoms with Gasteiger partial charge in [-0.05, 0) is 17.5 Å². The van der Waals surface area contributed by atoms with Crippen molar-refractivity contribution in [3.8, 4) is 5.75 Å². The third-order valence-corrected chi connectivity index (χ3v) is 2.49. The third kappa shape index (κ3) is 5.94. The second-order valence-electron chi connectivity index (χ2n) is 4.60. The maximum absolute atomic E-state index is 11.2. The van der Waals surface area contributed by atoms with E-state index in [9.17, 15) is 4.79 Å². The lowest BCUT2D eigenvalue weighted by molar-refractivity contribution is -0.139. The van der Waals surface area contributed by atoms with Gasteiger partial charge < -0.3 is 15.2 Å². The van der Waals surface area contributed by atoms with Crippen molar-refractivity contribution in [3.05, 3.63) is 29.3 Å². The molecule has 0 fully saturated rings. The molecule has 0 aliphatic carbocycles. The quantitative estimate of drug-likeness (QED) is 0.816. The predicted molar refractivity (Wildman–Crippen MR) is 77.6 cm³/mol. The first kappa shape index (κ1) is 17.7. The summed E-state index contributed by atoms with van der Waals surface area (Å²) in [6, 6.07) is 5.63. The number of esters is 1. The highest BCUT2D eigenvalue weighted by Crippen LogP contribution is 2.21. The lowest BCUT2D eigenvalue weighted by Gasteiger charge is -2.13. The Morgan fingerprint density at radius 1 is 1.37 bits per heavy atom. The molecule has 19 heavy (non-hydrogen) atoms. The van der Waals surface area contributed by atoms with E-state index in [1.807, 2.05) is 18.2 Å². The van der Waals surface area contributed by atoms with E-state index in [1.165, 1.54) is 7.11 Å². The number of rotatable bonds is 6. The number of carbonyl (C=O) groups excluding carboxylic acids is 1. The topological polar surface area (TPSA) is 61.5 Å². The molecule has 108 valence electrons. The Hall–Kier alpha value is -1.26. The van der Waals surface area contributed by atoms with Crippen molar-refractivity contribution in [2.45, 2.75) is 26.8 Å². The van der Waals surface area contributed by atoms with Crippen LogP contribution in [0.3, 0.4) is 0 Å². The molecular formula is C14H22ClNO3. The second-order valence-corrected chi connectivity index (χ2v) is 4.60. The van der Waals surface area contributed by atoms with E-state index in [0.29, 0.717) is 19.1 Å². The number of methoxy groups -OCH3 is 1. The normalized spacial score (nSPS) is 9.95. The number of carbonyl (C=O) groups is 1. The lowest BCUT2D eigenvalue weighted by atomic mass is 10.1. The van der Waals surface area contributed by atoms with Gasteiger partial charge in [0.25, 0.3) is 0 Å². The highest BCUT2D eigenvalue weighted by Gasteiger charge is 2.08. The number of benzene rings is 1. The largest absolute Gasteiger partial charge is 0.493 e. The minimum atomic E-state index is -0.256. The molecule has 2 N–H and O–H groups in total. The number of ether oxygens (including phenoxy) is 2. The Labute approximate surface area is 120 Å². The van der Waals surface area contributed by atoms with E-state index in [2.05, 4.69) is 18.6 Å². The molecule has 0 atom stereocenters. The zero-order chi connectivity index (χ0) is 13.5. The van der Waals surface area contributed by atoms with Crippen LogP contribution < -0.4 is 10.5 Å². The summed E-state index contributed by atoms with van der Waals surface area (Å²) < 4.78 is 10.3. The van der Waals surface area contributed by atoms with Crippen LogP contribution in [0.15, 0.2) is 18.2 Å². The van der Waals surface area contributed by atoms with Crippen LogP contribution in [0.1, 0.15) is 25.0 Å². The molecule has 0 heterocycles. The van der Waals surface area contributed by atoms with E-state index in [1.54, 1.807) is 0 Å². The molecule has 0 unspecified atom stereocenters. The van der Waals surface area contributed by atoms with Crippen LogP contribution >= 0.6 is 12.4 Å². The van der Waals surface area contributed by atoms with Crippen molar-refractivity contribution in [2.24, 2.45) is 11.7 Å². The molecule has 0 amide bonds. The molecule has 0 aliphatic heterocycles. The van der Waals surface area contributed by atoms with Gasteiger partial charge in [-0.1, -0.05) is 26.0 Å². The average molecular weight is 288 g/mol. The summed E-state index contributed by atoms with van der Waals surface area (Å²) in [4.78, 5) is 11.2. The fraction of sp³-hybridized carbons (Fsp3) is 0.500.